The average Bonchev–Trinajstić information content (AvgIpc) is 2.44. The fraction of sp³-hybridized carbons (Fsp3) is 0.625. The number of hydrogen-bond donors (Lipinski definition) is 1. The molecule has 0 atom stereocenters. The molecule has 0 heterocycles. The fourth-order valence-electron chi connectivity index (χ4n) is 1.87. The number of rotatable bonds is 11. The third-order valence-electron chi connectivity index (χ3n) is 3.10. The molecule has 1 N–H and O–H groups in total. The molecule has 0 radical (unpaired) electrons. The van der Waals surface area contributed by atoms with Crippen LogP contribution in [0.2, 0.25) is 0 Å². The molecule has 0 bridgehead atoms. The summed E-state index contributed by atoms with van der Waals surface area (Å²) in [7, 11) is 2.07. The molecular formula is C16H27FN2O. The summed E-state index contributed by atoms with van der Waals surface area (Å²) in [5, 5.41) is 3.36. The number of benzene rings is 1. The monoisotopic (exact) mass is 282 g/mol. The Morgan fingerprint density at radius 1 is 1.15 bits per heavy atom. The Labute approximate surface area is 122 Å². The third kappa shape index (κ3) is 8.25. The number of hydrogen-bond acceptors (Lipinski definition) is 3. The molecule has 3 nitrogen and oxygen atoms in total. The average molecular weight is 282 g/mol. The lowest BCUT2D eigenvalue weighted by atomic mass is 10.2. The highest BCUT2D eigenvalue weighted by atomic mass is 19.1. The first-order valence-electron chi connectivity index (χ1n) is 7.44. The summed E-state index contributed by atoms with van der Waals surface area (Å²) in [6.07, 6.45) is 2.32. The van der Waals surface area contributed by atoms with E-state index in [-0.39, 0.29) is 5.82 Å². The van der Waals surface area contributed by atoms with E-state index in [1.807, 2.05) is 12.1 Å². The predicted octanol–water partition coefficient (Wildman–Crippen LogP) is 2.66. The molecule has 0 amide bonds. The van der Waals surface area contributed by atoms with Crippen LogP contribution >= 0.6 is 0 Å². The molecule has 1 rings (SSSR count). The van der Waals surface area contributed by atoms with Crippen molar-refractivity contribution in [1.29, 1.82) is 0 Å². The van der Waals surface area contributed by atoms with E-state index in [2.05, 4.69) is 24.2 Å². The maximum Gasteiger partial charge on any atom is 0.123 e. The van der Waals surface area contributed by atoms with E-state index in [9.17, 15) is 4.39 Å². The van der Waals surface area contributed by atoms with Crippen molar-refractivity contribution in [3.63, 3.8) is 0 Å². The highest BCUT2D eigenvalue weighted by Crippen LogP contribution is 2.04. The molecule has 114 valence electrons. The van der Waals surface area contributed by atoms with Gasteiger partial charge in [0.2, 0.25) is 0 Å². The molecular weight excluding hydrogens is 255 g/mol. The lowest BCUT2D eigenvalue weighted by Crippen LogP contribution is -2.30. The summed E-state index contributed by atoms with van der Waals surface area (Å²) >= 11 is 0. The molecule has 0 aliphatic carbocycles. The molecule has 1 aromatic carbocycles. The van der Waals surface area contributed by atoms with E-state index >= 15 is 0 Å². The minimum absolute atomic E-state index is 0.179. The second-order valence-electron chi connectivity index (χ2n) is 5.08. The quantitative estimate of drug-likeness (QED) is 0.632. The maximum atomic E-state index is 12.8. The first kappa shape index (κ1) is 17.1. The zero-order chi connectivity index (χ0) is 14.6. The molecule has 1 aromatic rings. The highest BCUT2D eigenvalue weighted by molar-refractivity contribution is 5.15. The van der Waals surface area contributed by atoms with Crippen molar-refractivity contribution in [2.45, 2.75) is 26.3 Å². The van der Waals surface area contributed by atoms with E-state index < -0.39 is 0 Å². The molecule has 0 unspecified atom stereocenters. The third-order valence-corrected chi connectivity index (χ3v) is 3.10. The van der Waals surface area contributed by atoms with E-state index in [0.717, 1.165) is 51.4 Å². The number of nitrogens with one attached hydrogen (secondary N) is 1. The summed E-state index contributed by atoms with van der Waals surface area (Å²) in [5.74, 6) is -0.179. The summed E-state index contributed by atoms with van der Waals surface area (Å²) < 4.78 is 18.3. The minimum atomic E-state index is -0.179. The molecule has 0 spiro atoms. The van der Waals surface area contributed by atoms with Gasteiger partial charge in [0.05, 0.1) is 6.61 Å². The van der Waals surface area contributed by atoms with Crippen LogP contribution in [0.3, 0.4) is 0 Å². The molecule has 0 saturated carbocycles. The van der Waals surface area contributed by atoms with Gasteiger partial charge in [-0.3, -0.25) is 0 Å². The van der Waals surface area contributed by atoms with Gasteiger partial charge in [-0.2, -0.15) is 0 Å². The zero-order valence-corrected chi connectivity index (χ0v) is 12.7. The molecule has 0 aliphatic rings. The maximum absolute atomic E-state index is 12.8. The Balaban J connectivity index is 2.00. The number of halogens is 1. The van der Waals surface area contributed by atoms with Gasteiger partial charge in [-0.25, -0.2) is 4.39 Å². The van der Waals surface area contributed by atoms with E-state index in [4.69, 9.17) is 4.74 Å². The second kappa shape index (κ2) is 10.8. The Kier molecular flexibility index (Phi) is 9.20. The first-order valence-corrected chi connectivity index (χ1v) is 7.44. The van der Waals surface area contributed by atoms with E-state index in [1.54, 1.807) is 0 Å². The Bertz CT molecular complexity index is 343. The van der Waals surface area contributed by atoms with Gasteiger partial charge in [-0.15, -0.1) is 0 Å². The van der Waals surface area contributed by atoms with Crippen molar-refractivity contribution in [2.24, 2.45) is 0 Å². The molecule has 20 heavy (non-hydrogen) atoms. The normalized spacial score (nSPS) is 11.2. The SMILES string of the molecule is CCCCOCCNCCN(C)Cc1ccc(F)cc1. The van der Waals surface area contributed by atoms with Gasteiger partial charge in [0.25, 0.3) is 0 Å². The van der Waals surface area contributed by atoms with Crippen LogP contribution in [0.15, 0.2) is 24.3 Å². The van der Waals surface area contributed by atoms with Gasteiger partial charge in [0, 0.05) is 32.8 Å². The van der Waals surface area contributed by atoms with Crippen LogP contribution in [0.5, 0.6) is 0 Å². The molecule has 0 aliphatic heterocycles. The van der Waals surface area contributed by atoms with Gasteiger partial charge in [-0.1, -0.05) is 25.5 Å². The van der Waals surface area contributed by atoms with Crippen LogP contribution < -0.4 is 5.32 Å². The highest BCUT2D eigenvalue weighted by Gasteiger charge is 2.00. The van der Waals surface area contributed by atoms with Crippen molar-refractivity contribution in [3.8, 4) is 0 Å². The zero-order valence-electron chi connectivity index (χ0n) is 12.7. The fourth-order valence-corrected chi connectivity index (χ4v) is 1.87. The lowest BCUT2D eigenvalue weighted by molar-refractivity contribution is 0.132. The van der Waals surface area contributed by atoms with Crippen molar-refractivity contribution in [2.75, 3.05) is 39.9 Å². The van der Waals surface area contributed by atoms with Crippen LogP contribution in [-0.2, 0) is 11.3 Å². The van der Waals surface area contributed by atoms with Gasteiger partial charge < -0.3 is 15.0 Å². The number of likely N-dealkylation sites (N-methyl/N-ethyl adjacent to an activating group) is 1. The largest absolute Gasteiger partial charge is 0.380 e. The smallest absolute Gasteiger partial charge is 0.123 e. The van der Waals surface area contributed by atoms with Gasteiger partial charge in [0.15, 0.2) is 0 Å². The van der Waals surface area contributed by atoms with Crippen molar-refractivity contribution in [1.82, 2.24) is 10.2 Å². The predicted molar refractivity (Wildman–Crippen MR) is 81.3 cm³/mol. The molecule has 4 heteroatoms. The minimum Gasteiger partial charge on any atom is -0.380 e. The Morgan fingerprint density at radius 3 is 2.60 bits per heavy atom. The van der Waals surface area contributed by atoms with Gasteiger partial charge in [0.1, 0.15) is 5.82 Å². The second-order valence-corrected chi connectivity index (χ2v) is 5.08. The summed E-state index contributed by atoms with van der Waals surface area (Å²) in [6, 6.07) is 6.69. The Morgan fingerprint density at radius 2 is 1.90 bits per heavy atom. The van der Waals surface area contributed by atoms with Crippen molar-refractivity contribution in [3.05, 3.63) is 35.6 Å². The van der Waals surface area contributed by atoms with Gasteiger partial charge in [-0.05, 0) is 31.2 Å². The Hall–Kier alpha value is -0.970. The van der Waals surface area contributed by atoms with Crippen molar-refractivity contribution >= 4 is 0 Å². The van der Waals surface area contributed by atoms with Crippen LogP contribution in [0.1, 0.15) is 25.3 Å². The molecule has 0 saturated heterocycles. The van der Waals surface area contributed by atoms with Crippen molar-refractivity contribution < 1.29 is 9.13 Å². The summed E-state index contributed by atoms with van der Waals surface area (Å²) in [5.41, 5.74) is 1.14. The topological polar surface area (TPSA) is 24.5 Å². The summed E-state index contributed by atoms with van der Waals surface area (Å²) in [6.45, 7) is 7.45. The van der Waals surface area contributed by atoms with Gasteiger partial charge >= 0.3 is 0 Å². The molecule has 0 fully saturated rings. The number of nitrogens with zero attached hydrogens (tertiary/aromatic N) is 1. The lowest BCUT2D eigenvalue weighted by Gasteiger charge is -2.17. The standard InChI is InChI=1S/C16H27FN2O/c1-3-4-12-20-13-10-18-9-11-19(2)14-15-5-7-16(17)8-6-15/h5-8,18H,3-4,9-14H2,1-2H3. The van der Waals surface area contributed by atoms with Crippen LogP contribution in [0.25, 0.3) is 0 Å². The first-order chi connectivity index (χ1) is 9.72. The number of unbranched alkanes of at least 4 members (excludes halogenated alkanes) is 1. The van der Waals surface area contributed by atoms with E-state index in [0.29, 0.717) is 0 Å². The molecule has 0 aromatic heterocycles. The van der Waals surface area contributed by atoms with Crippen LogP contribution in [0, 0.1) is 5.82 Å². The number of ether oxygens (including phenoxy) is 1. The van der Waals surface area contributed by atoms with Crippen LogP contribution in [-0.4, -0.2) is 44.8 Å². The van der Waals surface area contributed by atoms with Crippen LogP contribution in [0.4, 0.5) is 4.39 Å². The van der Waals surface area contributed by atoms with E-state index in [1.165, 1.54) is 18.6 Å². The summed E-state index contributed by atoms with van der Waals surface area (Å²) in [4.78, 5) is 2.22.